The number of halogens is 1. The third-order valence-corrected chi connectivity index (χ3v) is 4.75. The second-order valence-corrected chi connectivity index (χ2v) is 6.86. The summed E-state index contributed by atoms with van der Waals surface area (Å²) in [6.45, 7) is 1.17. The van der Waals surface area contributed by atoms with Crippen molar-refractivity contribution in [1.29, 1.82) is 0 Å². The molecule has 128 valence electrons. The number of aromatic nitrogens is 3. The zero-order valence-electron chi connectivity index (χ0n) is 12.8. The van der Waals surface area contributed by atoms with Crippen molar-refractivity contribution in [1.82, 2.24) is 19.9 Å². The Labute approximate surface area is 151 Å². The van der Waals surface area contributed by atoms with Crippen LogP contribution in [0.4, 0.5) is 4.39 Å². The van der Waals surface area contributed by atoms with Crippen LogP contribution in [0.1, 0.15) is 11.3 Å². The lowest BCUT2D eigenvalue weighted by Crippen LogP contribution is -2.33. The molecule has 1 N–H and O–H groups in total. The number of aliphatic carboxylic acids is 1. The van der Waals surface area contributed by atoms with Crippen molar-refractivity contribution in [3.8, 4) is 5.69 Å². The standard InChI is InChI=1S/C15H11FN4O3S2/c1-8-2-3-10(5-11(8)16)20-6-9(17-18-20)4-12-14(23)19(7-13(21)22)15(24)25-12/h2-6H,7H2,1H3,(H,21,22)/b12-4-. The van der Waals surface area contributed by atoms with E-state index in [1.54, 1.807) is 19.1 Å². The highest BCUT2D eigenvalue weighted by atomic mass is 32.2. The molecule has 0 atom stereocenters. The van der Waals surface area contributed by atoms with Crippen LogP contribution < -0.4 is 0 Å². The van der Waals surface area contributed by atoms with Crippen LogP contribution in [-0.2, 0) is 9.59 Å². The van der Waals surface area contributed by atoms with Crippen molar-refractivity contribution < 1.29 is 19.1 Å². The van der Waals surface area contributed by atoms with Gasteiger partial charge in [0.15, 0.2) is 0 Å². The minimum Gasteiger partial charge on any atom is -0.480 e. The molecule has 1 fully saturated rings. The average molecular weight is 378 g/mol. The molecule has 1 aromatic carbocycles. The van der Waals surface area contributed by atoms with Gasteiger partial charge in [-0.2, -0.15) is 0 Å². The highest BCUT2D eigenvalue weighted by molar-refractivity contribution is 8.26. The van der Waals surface area contributed by atoms with E-state index >= 15 is 0 Å². The van der Waals surface area contributed by atoms with E-state index in [0.29, 0.717) is 16.9 Å². The van der Waals surface area contributed by atoms with Gasteiger partial charge in [-0.15, -0.1) is 5.10 Å². The summed E-state index contributed by atoms with van der Waals surface area (Å²) in [6.07, 6.45) is 3.00. The molecule has 3 rings (SSSR count). The highest BCUT2D eigenvalue weighted by Gasteiger charge is 2.33. The van der Waals surface area contributed by atoms with E-state index in [9.17, 15) is 14.0 Å². The maximum Gasteiger partial charge on any atom is 0.323 e. The van der Waals surface area contributed by atoms with Crippen molar-refractivity contribution in [2.75, 3.05) is 6.54 Å². The fraction of sp³-hybridized carbons (Fsp3) is 0.133. The summed E-state index contributed by atoms with van der Waals surface area (Å²) in [5.74, 6) is -2.00. The summed E-state index contributed by atoms with van der Waals surface area (Å²) in [6, 6.07) is 4.66. The summed E-state index contributed by atoms with van der Waals surface area (Å²) in [5.41, 5.74) is 1.39. The number of carboxylic acids is 1. The quantitative estimate of drug-likeness (QED) is 0.643. The summed E-state index contributed by atoms with van der Waals surface area (Å²) >= 11 is 6.02. The van der Waals surface area contributed by atoms with Crippen molar-refractivity contribution >= 4 is 46.3 Å². The summed E-state index contributed by atoms with van der Waals surface area (Å²) < 4.78 is 15.2. The molecular formula is C15H11FN4O3S2. The van der Waals surface area contributed by atoms with Gasteiger partial charge < -0.3 is 5.11 Å². The van der Waals surface area contributed by atoms with E-state index in [0.717, 1.165) is 16.7 Å². The number of aryl methyl sites for hydroxylation is 1. The first-order valence-corrected chi connectivity index (χ1v) is 8.23. The van der Waals surface area contributed by atoms with Gasteiger partial charge in [-0.3, -0.25) is 14.5 Å². The topological polar surface area (TPSA) is 88.3 Å². The minimum absolute atomic E-state index is 0.173. The lowest BCUT2D eigenvalue weighted by atomic mass is 10.2. The Morgan fingerprint density at radius 3 is 2.92 bits per heavy atom. The molecular weight excluding hydrogens is 367 g/mol. The Balaban J connectivity index is 1.84. The van der Waals surface area contributed by atoms with Crippen LogP contribution >= 0.6 is 24.0 Å². The van der Waals surface area contributed by atoms with Gasteiger partial charge in [-0.1, -0.05) is 35.3 Å². The number of benzene rings is 1. The first-order chi connectivity index (χ1) is 11.8. The lowest BCUT2D eigenvalue weighted by molar-refractivity contribution is -0.140. The van der Waals surface area contributed by atoms with Gasteiger partial charge in [0, 0.05) is 0 Å². The summed E-state index contributed by atoms with van der Waals surface area (Å²) in [4.78, 5) is 24.2. The normalized spacial score (nSPS) is 16.1. The lowest BCUT2D eigenvalue weighted by Gasteiger charge is -2.09. The van der Waals surface area contributed by atoms with Crippen LogP contribution in [0.5, 0.6) is 0 Å². The monoisotopic (exact) mass is 378 g/mol. The Hall–Kier alpha value is -2.59. The molecule has 10 heteroatoms. The molecule has 1 aliphatic rings. The van der Waals surface area contributed by atoms with Gasteiger partial charge in [0.05, 0.1) is 16.8 Å². The molecule has 0 bridgehead atoms. The second-order valence-electron chi connectivity index (χ2n) is 5.18. The molecule has 2 aromatic rings. The largest absolute Gasteiger partial charge is 0.480 e. The van der Waals surface area contributed by atoms with E-state index in [4.69, 9.17) is 17.3 Å². The predicted octanol–water partition coefficient (Wildman–Crippen LogP) is 2.00. The summed E-state index contributed by atoms with van der Waals surface area (Å²) in [5, 5.41) is 16.6. The molecule has 2 heterocycles. The molecule has 0 radical (unpaired) electrons. The van der Waals surface area contributed by atoms with Gasteiger partial charge in [0.1, 0.15) is 22.4 Å². The third kappa shape index (κ3) is 3.59. The number of amides is 1. The zero-order valence-corrected chi connectivity index (χ0v) is 14.5. The number of hydrogen-bond acceptors (Lipinski definition) is 6. The average Bonchev–Trinajstić information content (AvgIpc) is 3.11. The Kier molecular flexibility index (Phi) is 4.64. The molecule has 0 unspecified atom stereocenters. The summed E-state index contributed by atoms with van der Waals surface area (Å²) in [7, 11) is 0. The first kappa shape index (κ1) is 17.2. The number of thiocarbonyl (C=S) groups is 1. The number of nitrogens with zero attached hydrogens (tertiary/aromatic N) is 4. The van der Waals surface area contributed by atoms with E-state index in [1.165, 1.54) is 23.0 Å². The molecule has 7 nitrogen and oxygen atoms in total. The number of rotatable bonds is 4. The van der Waals surface area contributed by atoms with E-state index in [2.05, 4.69) is 10.3 Å². The van der Waals surface area contributed by atoms with Crippen LogP contribution in [0.15, 0.2) is 29.3 Å². The molecule has 0 saturated carbocycles. The maximum absolute atomic E-state index is 13.7. The molecule has 0 spiro atoms. The number of carboxylic acid groups (broad SMARTS) is 1. The van der Waals surface area contributed by atoms with E-state index in [1.807, 2.05) is 0 Å². The zero-order chi connectivity index (χ0) is 18.1. The molecule has 1 saturated heterocycles. The van der Waals surface area contributed by atoms with E-state index < -0.39 is 18.4 Å². The van der Waals surface area contributed by atoms with E-state index in [-0.39, 0.29) is 15.0 Å². The Morgan fingerprint density at radius 1 is 1.48 bits per heavy atom. The van der Waals surface area contributed by atoms with Gasteiger partial charge >= 0.3 is 5.97 Å². The predicted molar refractivity (Wildman–Crippen MR) is 93.6 cm³/mol. The first-order valence-electron chi connectivity index (χ1n) is 7.01. The number of thioether (sulfide) groups is 1. The number of hydrogen-bond donors (Lipinski definition) is 1. The SMILES string of the molecule is Cc1ccc(-n2cc(/C=C3\SC(=S)N(CC(=O)O)C3=O)nn2)cc1F. The van der Waals surface area contributed by atoms with Crippen molar-refractivity contribution in [2.45, 2.75) is 6.92 Å². The smallest absolute Gasteiger partial charge is 0.323 e. The van der Waals surface area contributed by atoms with Gasteiger partial charge in [-0.05, 0) is 30.7 Å². The Morgan fingerprint density at radius 2 is 2.24 bits per heavy atom. The molecule has 25 heavy (non-hydrogen) atoms. The highest BCUT2D eigenvalue weighted by Crippen LogP contribution is 2.32. The van der Waals surface area contributed by atoms with Crippen molar-refractivity contribution in [2.24, 2.45) is 0 Å². The fourth-order valence-corrected chi connectivity index (χ4v) is 3.34. The molecule has 0 aliphatic carbocycles. The third-order valence-electron chi connectivity index (χ3n) is 3.38. The number of carbonyl (C=O) groups is 2. The van der Waals surface area contributed by atoms with Crippen LogP contribution in [-0.4, -0.2) is 47.7 Å². The van der Waals surface area contributed by atoms with Crippen LogP contribution in [0.3, 0.4) is 0 Å². The van der Waals surface area contributed by atoms with Gasteiger partial charge in [0.25, 0.3) is 5.91 Å². The molecule has 1 aromatic heterocycles. The van der Waals surface area contributed by atoms with Crippen LogP contribution in [0.25, 0.3) is 11.8 Å². The van der Waals surface area contributed by atoms with Crippen molar-refractivity contribution in [3.63, 3.8) is 0 Å². The minimum atomic E-state index is -1.15. The van der Waals surface area contributed by atoms with Crippen molar-refractivity contribution in [3.05, 3.63) is 46.4 Å². The van der Waals surface area contributed by atoms with Crippen LogP contribution in [0.2, 0.25) is 0 Å². The maximum atomic E-state index is 13.7. The van der Waals surface area contributed by atoms with Gasteiger partial charge in [0.2, 0.25) is 0 Å². The molecule has 1 aliphatic heterocycles. The second kappa shape index (κ2) is 6.73. The van der Waals surface area contributed by atoms with Gasteiger partial charge in [-0.25, -0.2) is 9.07 Å². The van der Waals surface area contributed by atoms with Crippen LogP contribution in [0, 0.1) is 12.7 Å². The Bertz CT molecular complexity index is 925. The molecule has 1 amide bonds. The fourth-order valence-electron chi connectivity index (χ4n) is 2.10. The number of carbonyl (C=O) groups excluding carboxylic acids is 1.